The van der Waals surface area contributed by atoms with Gasteiger partial charge in [-0.15, -0.1) is 0 Å². The molecular weight excluding hydrogens is 536 g/mol. The van der Waals surface area contributed by atoms with Gasteiger partial charge in [0.2, 0.25) is 10.0 Å². The average Bonchev–Trinajstić information content (AvgIpc) is 2.92. The van der Waals surface area contributed by atoms with Gasteiger partial charge in [-0.2, -0.15) is 0 Å². The number of hydrogen-bond acceptors (Lipinski definition) is 8. The SMILES string of the molecule is CCCN(C(=O)c1ccc(N2CCC(CNCC(O)c3ccc(O)c(NS(C)(=O)=O)c3)CC2)cc1)C(C)C(=O)O. The Morgan fingerprint density at radius 1 is 1.12 bits per heavy atom. The van der Waals surface area contributed by atoms with Crippen LogP contribution in [0.4, 0.5) is 11.4 Å². The monoisotopic (exact) mass is 576 g/mol. The van der Waals surface area contributed by atoms with Crippen LogP contribution < -0.4 is 14.9 Å². The molecule has 0 saturated carbocycles. The summed E-state index contributed by atoms with van der Waals surface area (Å²) >= 11 is 0. The maximum atomic E-state index is 12.9. The largest absolute Gasteiger partial charge is 0.506 e. The summed E-state index contributed by atoms with van der Waals surface area (Å²) in [6, 6.07) is 10.8. The van der Waals surface area contributed by atoms with Crippen molar-refractivity contribution in [2.45, 2.75) is 45.3 Å². The number of anilines is 2. The molecule has 0 aromatic heterocycles. The number of sulfonamides is 1. The number of rotatable bonds is 13. The van der Waals surface area contributed by atoms with Crippen molar-refractivity contribution in [1.82, 2.24) is 10.2 Å². The van der Waals surface area contributed by atoms with E-state index in [1.54, 1.807) is 18.2 Å². The maximum absolute atomic E-state index is 12.9. The van der Waals surface area contributed by atoms with Gasteiger partial charge in [0.25, 0.3) is 5.91 Å². The number of aromatic hydroxyl groups is 1. The number of carbonyl (C=O) groups is 2. The molecular formula is C28H40N4O7S. The molecule has 1 fully saturated rings. The molecule has 3 rings (SSSR count). The zero-order chi connectivity index (χ0) is 29.4. The summed E-state index contributed by atoms with van der Waals surface area (Å²) in [5.74, 6) is -1.10. The Balaban J connectivity index is 1.48. The van der Waals surface area contributed by atoms with Crippen LogP contribution in [0.5, 0.6) is 5.75 Å². The molecule has 0 radical (unpaired) electrons. The van der Waals surface area contributed by atoms with Gasteiger partial charge < -0.3 is 30.4 Å². The van der Waals surface area contributed by atoms with E-state index in [-0.39, 0.29) is 23.9 Å². The second-order valence-electron chi connectivity index (χ2n) is 10.3. The van der Waals surface area contributed by atoms with Crippen molar-refractivity contribution in [2.24, 2.45) is 5.92 Å². The summed E-state index contributed by atoms with van der Waals surface area (Å²) in [5, 5.41) is 33.1. The first-order valence-electron chi connectivity index (χ1n) is 13.5. The molecule has 2 atom stereocenters. The first kappa shape index (κ1) is 31.2. The van der Waals surface area contributed by atoms with Crippen molar-refractivity contribution in [3.8, 4) is 5.75 Å². The van der Waals surface area contributed by atoms with Gasteiger partial charge >= 0.3 is 5.97 Å². The summed E-state index contributed by atoms with van der Waals surface area (Å²) in [5.41, 5.74) is 1.99. The first-order valence-corrected chi connectivity index (χ1v) is 15.4. The maximum Gasteiger partial charge on any atom is 0.326 e. The summed E-state index contributed by atoms with van der Waals surface area (Å²) in [7, 11) is -3.56. The molecule has 1 aliphatic heterocycles. The number of aliphatic hydroxyl groups excluding tert-OH is 1. The quantitative estimate of drug-likeness (QED) is 0.226. The van der Waals surface area contributed by atoms with Crippen LogP contribution in [-0.4, -0.2) is 85.5 Å². The highest BCUT2D eigenvalue weighted by Crippen LogP contribution is 2.28. The lowest BCUT2D eigenvalue weighted by Gasteiger charge is -2.34. The number of piperidine rings is 1. The molecule has 2 aromatic rings. The standard InChI is InChI=1S/C28H40N4O7S/c1-4-13-32(19(2)28(36)37)27(35)21-5-8-23(9-6-21)31-14-11-20(12-15-31)17-29-18-26(34)22-7-10-25(33)24(16-22)30-40(3,38)39/h5-10,16,19-20,26,29-30,33-34H,4,11-15,17-18H2,1-3H3,(H,36,37). The minimum atomic E-state index is -3.56. The predicted molar refractivity (Wildman–Crippen MR) is 154 cm³/mol. The molecule has 1 saturated heterocycles. The van der Waals surface area contributed by atoms with Gasteiger partial charge in [0.05, 0.1) is 18.0 Å². The van der Waals surface area contributed by atoms with E-state index < -0.39 is 28.1 Å². The van der Waals surface area contributed by atoms with Crippen molar-refractivity contribution in [3.05, 3.63) is 53.6 Å². The number of phenolic OH excluding ortho intramolecular Hbond substituents is 1. The fourth-order valence-corrected chi connectivity index (χ4v) is 5.37. The van der Waals surface area contributed by atoms with Gasteiger partial charge in [-0.05, 0) is 80.6 Å². The molecule has 0 aliphatic carbocycles. The lowest BCUT2D eigenvalue weighted by Crippen LogP contribution is -2.43. The average molecular weight is 577 g/mol. The Kier molecular flexibility index (Phi) is 10.8. The number of amides is 1. The van der Waals surface area contributed by atoms with Gasteiger partial charge in [0.15, 0.2) is 0 Å². The van der Waals surface area contributed by atoms with Crippen LogP contribution in [0.1, 0.15) is 55.1 Å². The number of hydrogen-bond donors (Lipinski definition) is 5. The molecule has 1 heterocycles. The minimum absolute atomic E-state index is 0.0249. The third-order valence-corrected chi connectivity index (χ3v) is 7.71. The molecule has 2 unspecified atom stereocenters. The predicted octanol–water partition coefficient (Wildman–Crippen LogP) is 2.63. The molecule has 220 valence electrons. The number of carboxylic acids is 1. The molecule has 0 bridgehead atoms. The Morgan fingerprint density at radius 3 is 2.35 bits per heavy atom. The number of aliphatic hydroxyl groups is 1. The Hall–Kier alpha value is -3.35. The fourth-order valence-electron chi connectivity index (χ4n) is 4.81. The number of aliphatic carboxylic acids is 1. The zero-order valence-corrected chi connectivity index (χ0v) is 24.0. The van der Waals surface area contributed by atoms with Crippen molar-refractivity contribution in [1.29, 1.82) is 0 Å². The smallest absolute Gasteiger partial charge is 0.326 e. The topological polar surface area (TPSA) is 160 Å². The van der Waals surface area contributed by atoms with E-state index in [1.165, 1.54) is 24.0 Å². The van der Waals surface area contributed by atoms with Gasteiger partial charge in [-0.25, -0.2) is 13.2 Å². The second-order valence-corrected chi connectivity index (χ2v) is 12.1. The fraction of sp³-hybridized carbons (Fsp3) is 0.500. The van der Waals surface area contributed by atoms with E-state index >= 15 is 0 Å². The van der Waals surface area contributed by atoms with Crippen molar-refractivity contribution >= 4 is 33.3 Å². The summed E-state index contributed by atoms with van der Waals surface area (Å²) < 4.78 is 25.2. The van der Waals surface area contributed by atoms with E-state index in [0.717, 1.165) is 44.4 Å². The van der Waals surface area contributed by atoms with Crippen molar-refractivity contribution < 1.29 is 33.3 Å². The van der Waals surface area contributed by atoms with E-state index in [9.17, 15) is 33.3 Å². The molecule has 5 N–H and O–H groups in total. The van der Waals surface area contributed by atoms with E-state index in [0.29, 0.717) is 30.0 Å². The van der Waals surface area contributed by atoms with Crippen molar-refractivity contribution in [2.75, 3.05) is 48.6 Å². The highest BCUT2D eigenvalue weighted by Gasteiger charge is 2.26. The molecule has 1 aliphatic rings. The molecule has 40 heavy (non-hydrogen) atoms. The Bertz CT molecular complexity index is 1260. The number of nitrogens with one attached hydrogen (secondary N) is 2. The van der Waals surface area contributed by atoms with E-state index in [1.807, 2.05) is 19.1 Å². The minimum Gasteiger partial charge on any atom is -0.506 e. The number of carboxylic acid groups (broad SMARTS) is 1. The third kappa shape index (κ3) is 8.57. The number of benzene rings is 2. The Labute approximate surface area is 235 Å². The van der Waals surface area contributed by atoms with Crippen LogP contribution in [0.15, 0.2) is 42.5 Å². The molecule has 11 nitrogen and oxygen atoms in total. The lowest BCUT2D eigenvalue weighted by atomic mass is 9.96. The summed E-state index contributed by atoms with van der Waals surface area (Å²) in [6.07, 6.45) is 2.70. The van der Waals surface area contributed by atoms with Gasteiger partial charge in [-0.1, -0.05) is 13.0 Å². The number of carbonyl (C=O) groups excluding carboxylic acids is 1. The van der Waals surface area contributed by atoms with Crippen LogP contribution in [0.2, 0.25) is 0 Å². The molecule has 0 spiro atoms. The molecule has 2 aromatic carbocycles. The van der Waals surface area contributed by atoms with Crippen molar-refractivity contribution in [3.63, 3.8) is 0 Å². The molecule has 1 amide bonds. The zero-order valence-electron chi connectivity index (χ0n) is 23.2. The van der Waals surface area contributed by atoms with Crippen LogP contribution in [0.25, 0.3) is 0 Å². The summed E-state index contributed by atoms with van der Waals surface area (Å²) in [6.45, 7) is 6.51. The van der Waals surface area contributed by atoms with E-state index in [2.05, 4.69) is 14.9 Å². The lowest BCUT2D eigenvalue weighted by molar-refractivity contribution is -0.141. The highest BCUT2D eigenvalue weighted by molar-refractivity contribution is 7.92. The second kappa shape index (κ2) is 13.8. The molecule has 12 heteroatoms. The van der Waals surface area contributed by atoms with Gasteiger partial charge in [0, 0.05) is 37.4 Å². The van der Waals surface area contributed by atoms with Crippen LogP contribution in [0, 0.1) is 5.92 Å². The highest BCUT2D eigenvalue weighted by atomic mass is 32.2. The van der Waals surface area contributed by atoms with E-state index in [4.69, 9.17) is 0 Å². The third-order valence-electron chi connectivity index (χ3n) is 7.12. The van der Waals surface area contributed by atoms with Gasteiger partial charge in [0.1, 0.15) is 11.8 Å². The van der Waals surface area contributed by atoms with Crippen LogP contribution in [0.3, 0.4) is 0 Å². The first-order chi connectivity index (χ1) is 18.9. The Morgan fingerprint density at radius 2 is 1.77 bits per heavy atom. The number of nitrogens with zero attached hydrogens (tertiary/aromatic N) is 2. The van der Waals surface area contributed by atoms with Gasteiger partial charge in [-0.3, -0.25) is 9.52 Å². The van der Waals surface area contributed by atoms with Crippen LogP contribution >= 0.6 is 0 Å². The normalized spacial score (nSPS) is 15.8. The van der Waals surface area contributed by atoms with Crippen LogP contribution in [-0.2, 0) is 14.8 Å². The number of phenols is 1. The summed E-state index contributed by atoms with van der Waals surface area (Å²) in [4.78, 5) is 28.0.